The van der Waals surface area contributed by atoms with Gasteiger partial charge >= 0.3 is 13.1 Å². The fraction of sp³-hybridized carbons (Fsp3) is 0.562. The molecule has 1 aliphatic rings. The molecule has 1 aromatic rings. The van der Waals surface area contributed by atoms with E-state index in [2.05, 4.69) is 0 Å². The lowest BCUT2D eigenvalue weighted by molar-refractivity contribution is -0.137. The Balaban J connectivity index is 2.35. The van der Waals surface area contributed by atoms with E-state index < -0.39 is 30.1 Å². The first-order chi connectivity index (χ1) is 10.0. The molecule has 1 fully saturated rings. The molecule has 22 heavy (non-hydrogen) atoms. The molecule has 1 atom stereocenters. The van der Waals surface area contributed by atoms with Gasteiger partial charge in [-0.15, -0.1) is 0 Å². The summed E-state index contributed by atoms with van der Waals surface area (Å²) in [4.78, 5) is 11.3. The first kappa shape index (κ1) is 17.3. The minimum absolute atomic E-state index is 0.0732. The van der Waals surface area contributed by atoms with Crippen molar-refractivity contribution in [2.45, 2.75) is 58.1 Å². The summed E-state index contributed by atoms with van der Waals surface area (Å²) in [5.74, 6) is -1.30. The normalized spacial score (nSPS) is 20.9. The lowest BCUT2D eigenvalue weighted by atomic mass is 9.66. The molecule has 2 rings (SSSR count). The van der Waals surface area contributed by atoms with Gasteiger partial charge in [0.05, 0.1) is 17.6 Å². The summed E-state index contributed by atoms with van der Waals surface area (Å²) >= 11 is 6.18. The summed E-state index contributed by atoms with van der Waals surface area (Å²) in [5.41, 5.74) is 0.774. The van der Waals surface area contributed by atoms with Crippen molar-refractivity contribution in [1.29, 1.82) is 0 Å². The highest BCUT2D eigenvalue weighted by atomic mass is 35.5. The van der Waals surface area contributed by atoms with Gasteiger partial charge in [0.25, 0.3) is 0 Å². The van der Waals surface area contributed by atoms with Gasteiger partial charge in [0.15, 0.2) is 0 Å². The molecule has 1 unspecified atom stereocenters. The minimum atomic E-state index is -0.892. The molecule has 0 bridgehead atoms. The zero-order valence-electron chi connectivity index (χ0n) is 13.6. The zero-order chi connectivity index (χ0) is 16.7. The van der Waals surface area contributed by atoms with Gasteiger partial charge in [-0.05, 0) is 51.8 Å². The van der Waals surface area contributed by atoms with E-state index in [1.807, 2.05) is 46.8 Å². The van der Waals surface area contributed by atoms with Crippen LogP contribution >= 0.6 is 11.6 Å². The zero-order valence-corrected chi connectivity index (χ0v) is 14.4. The summed E-state index contributed by atoms with van der Waals surface area (Å²) in [6.45, 7) is 9.72. The van der Waals surface area contributed by atoms with E-state index in [-0.39, 0.29) is 6.42 Å². The van der Waals surface area contributed by atoms with E-state index in [9.17, 15) is 9.90 Å². The van der Waals surface area contributed by atoms with Crippen LogP contribution in [0.5, 0.6) is 0 Å². The van der Waals surface area contributed by atoms with Crippen LogP contribution in [-0.2, 0) is 14.1 Å². The molecule has 1 N–H and O–H groups in total. The Bertz CT molecular complexity index is 570. The van der Waals surface area contributed by atoms with Crippen LogP contribution in [0.15, 0.2) is 18.2 Å². The first-order valence-corrected chi connectivity index (χ1v) is 7.75. The number of carboxylic acids is 1. The summed E-state index contributed by atoms with van der Waals surface area (Å²) < 4.78 is 12.0. The van der Waals surface area contributed by atoms with Gasteiger partial charge < -0.3 is 14.4 Å². The number of benzene rings is 1. The van der Waals surface area contributed by atoms with E-state index >= 15 is 0 Å². The smallest absolute Gasteiger partial charge is 0.466 e. The Morgan fingerprint density at radius 3 is 2.27 bits per heavy atom. The lowest BCUT2D eigenvalue weighted by Gasteiger charge is -2.32. The SMILES string of the molecule is Cc1ccc(C(CC(=O)O)B2OC(C)(C)C(C)(C)O2)cc1Cl. The quantitative estimate of drug-likeness (QED) is 0.855. The second kappa shape index (κ2) is 5.87. The number of rotatable bonds is 4. The molecule has 0 aliphatic carbocycles. The van der Waals surface area contributed by atoms with Crippen LogP contribution in [0.2, 0.25) is 5.02 Å². The van der Waals surface area contributed by atoms with E-state index in [0.717, 1.165) is 11.1 Å². The molecule has 1 heterocycles. The highest BCUT2D eigenvalue weighted by Crippen LogP contribution is 2.42. The van der Waals surface area contributed by atoms with Crippen molar-refractivity contribution in [3.05, 3.63) is 34.3 Å². The van der Waals surface area contributed by atoms with Crippen molar-refractivity contribution in [2.24, 2.45) is 0 Å². The van der Waals surface area contributed by atoms with Crippen LogP contribution in [-0.4, -0.2) is 29.4 Å². The number of hydrogen-bond acceptors (Lipinski definition) is 3. The van der Waals surface area contributed by atoms with Crippen LogP contribution in [0.4, 0.5) is 0 Å². The summed E-state index contributed by atoms with van der Waals surface area (Å²) in [6, 6.07) is 5.58. The van der Waals surface area contributed by atoms with E-state index in [4.69, 9.17) is 20.9 Å². The molecule has 120 valence electrons. The Labute approximate surface area is 136 Å². The van der Waals surface area contributed by atoms with Crippen LogP contribution in [0.3, 0.4) is 0 Å². The maximum Gasteiger partial charge on any atom is 0.466 e. The molecule has 1 saturated heterocycles. The Morgan fingerprint density at radius 1 is 1.27 bits per heavy atom. The van der Waals surface area contributed by atoms with Gasteiger partial charge in [-0.3, -0.25) is 4.79 Å². The number of carboxylic acid groups (broad SMARTS) is 1. The van der Waals surface area contributed by atoms with Gasteiger partial charge in [-0.1, -0.05) is 23.7 Å². The monoisotopic (exact) mass is 324 g/mol. The standard InChI is InChI=1S/C16H22BClO4/c1-10-6-7-11(8-13(10)18)12(9-14(19)20)17-21-15(2,3)16(4,5)22-17/h6-8,12H,9H2,1-5H3,(H,19,20). The van der Waals surface area contributed by atoms with Crippen molar-refractivity contribution in [1.82, 2.24) is 0 Å². The Morgan fingerprint density at radius 2 is 1.82 bits per heavy atom. The Kier molecular flexibility index (Phi) is 4.62. The van der Waals surface area contributed by atoms with E-state index in [1.54, 1.807) is 6.07 Å². The average Bonchev–Trinajstić information content (AvgIpc) is 2.59. The summed E-state index contributed by atoms with van der Waals surface area (Å²) in [5, 5.41) is 9.86. The fourth-order valence-corrected chi connectivity index (χ4v) is 2.64. The van der Waals surface area contributed by atoms with E-state index in [1.165, 1.54) is 0 Å². The third kappa shape index (κ3) is 3.32. The van der Waals surface area contributed by atoms with Crippen LogP contribution in [0.1, 0.15) is 51.1 Å². The van der Waals surface area contributed by atoms with Gasteiger partial charge in [-0.2, -0.15) is 0 Å². The summed E-state index contributed by atoms with van der Waals surface area (Å²) in [7, 11) is -0.611. The van der Waals surface area contributed by atoms with Crippen molar-refractivity contribution >= 4 is 24.7 Å². The molecular weight excluding hydrogens is 302 g/mol. The minimum Gasteiger partial charge on any atom is -0.481 e. The molecule has 6 heteroatoms. The molecule has 4 nitrogen and oxygen atoms in total. The third-order valence-corrected chi connectivity index (χ3v) is 5.03. The van der Waals surface area contributed by atoms with E-state index in [0.29, 0.717) is 5.02 Å². The topological polar surface area (TPSA) is 55.8 Å². The van der Waals surface area contributed by atoms with Gasteiger partial charge in [0, 0.05) is 10.8 Å². The molecule has 0 amide bonds. The van der Waals surface area contributed by atoms with Crippen LogP contribution in [0.25, 0.3) is 0 Å². The number of carbonyl (C=O) groups is 1. The Hall–Kier alpha value is -1.04. The molecular formula is C16H22BClO4. The number of aryl methyl sites for hydroxylation is 1. The van der Waals surface area contributed by atoms with Crippen molar-refractivity contribution in [3.63, 3.8) is 0 Å². The molecule has 1 aliphatic heterocycles. The number of halogens is 1. The second-order valence-corrected chi connectivity index (χ2v) is 7.24. The average molecular weight is 325 g/mol. The maximum atomic E-state index is 11.3. The number of aliphatic carboxylic acids is 1. The fourth-order valence-electron chi connectivity index (χ4n) is 2.45. The molecule has 0 radical (unpaired) electrons. The molecule has 0 aromatic heterocycles. The van der Waals surface area contributed by atoms with Crippen LogP contribution in [0, 0.1) is 6.92 Å². The van der Waals surface area contributed by atoms with Gasteiger partial charge in [0.1, 0.15) is 0 Å². The highest BCUT2D eigenvalue weighted by Gasteiger charge is 2.54. The summed E-state index contributed by atoms with van der Waals surface area (Å²) in [6.07, 6.45) is -0.0732. The largest absolute Gasteiger partial charge is 0.481 e. The molecule has 0 saturated carbocycles. The predicted octanol–water partition coefficient (Wildman–Crippen LogP) is 3.84. The third-order valence-electron chi connectivity index (χ3n) is 4.62. The van der Waals surface area contributed by atoms with Crippen molar-refractivity contribution in [3.8, 4) is 0 Å². The predicted molar refractivity (Wildman–Crippen MR) is 87.3 cm³/mol. The first-order valence-electron chi connectivity index (χ1n) is 7.37. The van der Waals surface area contributed by atoms with Crippen LogP contribution < -0.4 is 0 Å². The lowest BCUT2D eigenvalue weighted by Crippen LogP contribution is -2.41. The molecule has 1 aromatic carbocycles. The van der Waals surface area contributed by atoms with Gasteiger partial charge in [-0.25, -0.2) is 0 Å². The van der Waals surface area contributed by atoms with Gasteiger partial charge in [0.2, 0.25) is 0 Å². The molecule has 0 spiro atoms. The number of hydrogen-bond donors (Lipinski definition) is 1. The maximum absolute atomic E-state index is 11.3. The van der Waals surface area contributed by atoms with Crippen molar-refractivity contribution < 1.29 is 19.2 Å². The highest BCUT2D eigenvalue weighted by molar-refractivity contribution is 6.48. The van der Waals surface area contributed by atoms with Crippen molar-refractivity contribution in [2.75, 3.05) is 0 Å². The second-order valence-electron chi connectivity index (χ2n) is 6.84.